The lowest BCUT2D eigenvalue weighted by Gasteiger charge is -2.17. The molecule has 0 amide bonds. The number of ether oxygens (including phenoxy) is 1. The van der Waals surface area contributed by atoms with Crippen LogP contribution in [-0.2, 0) is 4.74 Å². The van der Waals surface area contributed by atoms with E-state index in [0.717, 1.165) is 13.2 Å². The maximum Gasteiger partial charge on any atom is 0.338 e. The topological polar surface area (TPSA) is 127 Å². The maximum absolute atomic E-state index is 11.5. The highest BCUT2D eigenvalue weighted by atomic mass is 16.5. The lowest BCUT2D eigenvalue weighted by Crippen LogP contribution is -2.10. The Morgan fingerprint density at radius 1 is 1.32 bits per heavy atom. The van der Waals surface area contributed by atoms with Crippen LogP contribution in [0.2, 0.25) is 0 Å². The Labute approximate surface area is 109 Å². The number of aliphatic hydroxyl groups is 2. The second-order valence-electron chi connectivity index (χ2n) is 3.93. The van der Waals surface area contributed by atoms with Crippen molar-refractivity contribution in [3.05, 3.63) is 17.2 Å². The zero-order chi connectivity index (χ0) is 14.6. The Balaban J connectivity index is 3.33. The van der Waals surface area contributed by atoms with Gasteiger partial charge in [-0.1, -0.05) is 0 Å². The van der Waals surface area contributed by atoms with Gasteiger partial charge in [0.2, 0.25) is 5.75 Å². The van der Waals surface area contributed by atoms with Gasteiger partial charge in [0.05, 0.1) is 18.8 Å². The molecule has 0 heterocycles. The van der Waals surface area contributed by atoms with E-state index in [2.05, 4.69) is 4.74 Å². The zero-order valence-corrected chi connectivity index (χ0v) is 10.3. The van der Waals surface area contributed by atoms with Crippen LogP contribution in [0.25, 0.3) is 0 Å². The summed E-state index contributed by atoms with van der Waals surface area (Å²) < 4.78 is 4.48. The number of carbonyl (C=O) groups is 1. The Kier molecular flexibility index (Phi) is 4.96. The summed E-state index contributed by atoms with van der Waals surface area (Å²) in [5.41, 5.74) is -0.490. The predicted octanol–water partition coefficient (Wildman–Crippen LogP) is 0.396. The molecule has 0 aliphatic heterocycles. The Morgan fingerprint density at radius 3 is 2.47 bits per heavy atom. The molecule has 0 spiro atoms. The summed E-state index contributed by atoms with van der Waals surface area (Å²) in [5, 5.41) is 47.1. The number of hydrogen-bond donors (Lipinski definition) is 5. The molecule has 0 fully saturated rings. The van der Waals surface area contributed by atoms with Gasteiger partial charge in [-0.15, -0.1) is 0 Å². The van der Waals surface area contributed by atoms with Gasteiger partial charge in [-0.2, -0.15) is 0 Å². The molecule has 1 aromatic carbocycles. The summed E-state index contributed by atoms with van der Waals surface area (Å²) >= 11 is 0. The first-order valence-electron chi connectivity index (χ1n) is 5.59. The molecule has 0 saturated carbocycles. The number of hydrogen-bond acceptors (Lipinski definition) is 7. The van der Waals surface area contributed by atoms with Crippen LogP contribution in [0.5, 0.6) is 17.2 Å². The van der Waals surface area contributed by atoms with E-state index in [-0.39, 0.29) is 30.6 Å². The molecule has 7 heteroatoms. The molecule has 0 radical (unpaired) electrons. The van der Waals surface area contributed by atoms with Gasteiger partial charge < -0.3 is 30.3 Å². The molecule has 5 N–H and O–H groups in total. The van der Waals surface area contributed by atoms with E-state index in [9.17, 15) is 25.2 Å². The van der Waals surface area contributed by atoms with Crippen molar-refractivity contribution in [3.8, 4) is 17.2 Å². The molecular formula is C12H16O7. The number of phenols is 3. The second-order valence-corrected chi connectivity index (χ2v) is 3.93. The summed E-state index contributed by atoms with van der Waals surface area (Å²) in [7, 11) is 1.10. The Hall–Kier alpha value is -1.99. The molecule has 0 aliphatic carbocycles. The number of carbonyl (C=O) groups excluding carboxylic acids is 1. The van der Waals surface area contributed by atoms with Crippen LogP contribution < -0.4 is 0 Å². The molecule has 0 saturated heterocycles. The van der Waals surface area contributed by atoms with Gasteiger partial charge in [-0.3, -0.25) is 0 Å². The van der Waals surface area contributed by atoms with Crippen molar-refractivity contribution in [2.75, 3.05) is 13.7 Å². The molecule has 0 aliphatic rings. The van der Waals surface area contributed by atoms with Crippen LogP contribution in [0.15, 0.2) is 6.07 Å². The van der Waals surface area contributed by atoms with Crippen molar-refractivity contribution in [2.45, 2.75) is 18.9 Å². The fourth-order valence-corrected chi connectivity index (χ4v) is 1.70. The average Bonchev–Trinajstić information content (AvgIpc) is 2.40. The normalized spacial score (nSPS) is 12.2. The van der Waals surface area contributed by atoms with Crippen LogP contribution in [0, 0.1) is 0 Å². The molecule has 0 bridgehead atoms. The van der Waals surface area contributed by atoms with Crippen molar-refractivity contribution in [1.29, 1.82) is 0 Å². The first-order chi connectivity index (χ1) is 8.93. The van der Waals surface area contributed by atoms with Gasteiger partial charge in [0.1, 0.15) is 0 Å². The summed E-state index contributed by atoms with van der Waals surface area (Å²) in [6.07, 6.45) is -0.978. The molecular weight excluding hydrogens is 256 g/mol. The predicted molar refractivity (Wildman–Crippen MR) is 64.1 cm³/mol. The fraction of sp³-hybridized carbons (Fsp3) is 0.417. The second kappa shape index (κ2) is 6.26. The van der Waals surface area contributed by atoms with E-state index >= 15 is 0 Å². The molecule has 1 rings (SSSR count). The average molecular weight is 272 g/mol. The van der Waals surface area contributed by atoms with E-state index < -0.39 is 29.3 Å². The van der Waals surface area contributed by atoms with Crippen LogP contribution >= 0.6 is 0 Å². The fourth-order valence-electron chi connectivity index (χ4n) is 1.70. The molecule has 106 valence electrons. The van der Waals surface area contributed by atoms with Gasteiger partial charge in [-0.25, -0.2) is 4.79 Å². The Morgan fingerprint density at radius 2 is 1.95 bits per heavy atom. The number of aliphatic hydroxyl groups excluding tert-OH is 2. The van der Waals surface area contributed by atoms with Crippen molar-refractivity contribution >= 4 is 5.97 Å². The zero-order valence-electron chi connectivity index (χ0n) is 10.3. The number of methoxy groups -OCH3 is 1. The SMILES string of the molecule is COC(=O)c1cc(O)c(O)c(O)c1C(O)CCCO. The Bertz CT molecular complexity index is 470. The van der Waals surface area contributed by atoms with Crippen molar-refractivity contribution in [1.82, 2.24) is 0 Å². The van der Waals surface area contributed by atoms with E-state index in [4.69, 9.17) is 5.11 Å². The van der Waals surface area contributed by atoms with Crippen LogP contribution in [-0.4, -0.2) is 45.2 Å². The minimum Gasteiger partial charge on any atom is -0.504 e. The summed E-state index contributed by atoms with van der Waals surface area (Å²) in [6.45, 7) is -0.171. The minimum absolute atomic E-state index is 0.0677. The number of esters is 1. The molecule has 7 nitrogen and oxygen atoms in total. The number of benzene rings is 1. The van der Waals surface area contributed by atoms with Gasteiger partial charge in [0.15, 0.2) is 11.5 Å². The number of aromatic hydroxyl groups is 3. The third-order valence-electron chi connectivity index (χ3n) is 2.67. The van der Waals surface area contributed by atoms with Crippen molar-refractivity contribution < 1.29 is 35.1 Å². The molecule has 1 unspecified atom stereocenters. The summed E-state index contributed by atoms with van der Waals surface area (Å²) in [5.74, 6) is -3.18. The van der Waals surface area contributed by atoms with Gasteiger partial charge >= 0.3 is 5.97 Å². The largest absolute Gasteiger partial charge is 0.504 e. The smallest absolute Gasteiger partial charge is 0.338 e. The molecule has 1 aromatic rings. The lowest BCUT2D eigenvalue weighted by atomic mass is 9.97. The van der Waals surface area contributed by atoms with E-state index in [0.29, 0.717) is 0 Å². The molecule has 1 atom stereocenters. The highest BCUT2D eigenvalue weighted by molar-refractivity contribution is 5.93. The van der Waals surface area contributed by atoms with Crippen molar-refractivity contribution in [2.24, 2.45) is 0 Å². The highest BCUT2D eigenvalue weighted by Gasteiger charge is 2.26. The van der Waals surface area contributed by atoms with Gasteiger partial charge in [0.25, 0.3) is 0 Å². The first-order valence-corrected chi connectivity index (χ1v) is 5.59. The quantitative estimate of drug-likeness (QED) is 0.387. The number of phenolic OH excluding ortho intramolecular Hbond substituents is 3. The summed E-state index contributed by atoms with van der Waals surface area (Å²) in [4.78, 5) is 11.5. The van der Waals surface area contributed by atoms with Crippen LogP contribution in [0.1, 0.15) is 34.9 Å². The maximum atomic E-state index is 11.5. The van der Waals surface area contributed by atoms with Crippen molar-refractivity contribution in [3.63, 3.8) is 0 Å². The first kappa shape index (κ1) is 15.1. The van der Waals surface area contributed by atoms with E-state index in [1.165, 1.54) is 0 Å². The third kappa shape index (κ3) is 3.07. The standard InChI is InChI=1S/C12H16O7/c1-19-12(18)6-5-8(15)10(16)11(17)9(6)7(14)3-2-4-13/h5,7,13-17H,2-4H2,1H3. The lowest BCUT2D eigenvalue weighted by molar-refractivity contribution is 0.0589. The van der Waals surface area contributed by atoms with Gasteiger partial charge in [0, 0.05) is 12.2 Å². The number of rotatable bonds is 5. The highest BCUT2D eigenvalue weighted by Crippen LogP contribution is 2.43. The van der Waals surface area contributed by atoms with E-state index in [1.54, 1.807) is 0 Å². The van der Waals surface area contributed by atoms with Crippen LogP contribution in [0.3, 0.4) is 0 Å². The minimum atomic E-state index is -1.28. The van der Waals surface area contributed by atoms with E-state index in [1.807, 2.05) is 0 Å². The monoisotopic (exact) mass is 272 g/mol. The van der Waals surface area contributed by atoms with Crippen LogP contribution in [0.4, 0.5) is 0 Å². The third-order valence-corrected chi connectivity index (χ3v) is 2.67. The molecule has 19 heavy (non-hydrogen) atoms. The molecule has 0 aromatic heterocycles. The van der Waals surface area contributed by atoms with Gasteiger partial charge in [-0.05, 0) is 18.9 Å². The summed E-state index contributed by atoms with van der Waals surface area (Å²) in [6, 6.07) is 0.901.